The maximum absolute atomic E-state index is 12.6. The van der Waals surface area contributed by atoms with Crippen LogP contribution < -0.4 is 10.1 Å². The molecule has 2 heterocycles. The van der Waals surface area contributed by atoms with Gasteiger partial charge in [-0.05, 0) is 35.4 Å². The van der Waals surface area contributed by atoms with Gasteiger partial charge in [0.2, 0.25) is 5.91 Å². The van der Waals surface area contributed by atoms with Crippen LogP contribution in [-0.4, -0.2) is 28.9 Å². The monoisotopic (exact) mass is 437 g/mol. The molecule has 166 valence electrons. The number of benzene rings is 3. The van der Waals surface area contributed by atoms with E-state index in [-0.39, 0.29) is 12.0 Å². The molecule has 0 spiro atoms. The van der Waals surface area contributed by atoms with Crippen molar-refractivity contribution in [2.24, 2.45) is 0 Å². The van der Waals surface area contributed by atoms with E-state index in [0.29, 0.717) is 19.5 Å². The first-order valence-electron chi connectivity index (χ1n) is 11.4. The van der Waals surface area contributed by atoms with Crippen LogP contribution >= 0.6 is 0 Å². The molecule has 0 bridgehead atoms. The smallest absolute Gasteiger partial charge is 0.221 e. The molecule has 1 aromatic heterocycles. The summed E-state index contributed by atoms with van der Waals surface area (Å²) in [5, 5.41) is 4.15. The van der Waals surface area contributed by atoms with Gasteiger partial charge in [-0.25, -0.2) is 0 Å². The third-order valence-electron chi connectivity index (χ3n) is 6.04. The minimum absolute atomic E-state index is 0.0518. The molecule has 5 nitrogen and oxygen atoms in total. The van der Waals surface area contributed by atoms with Gasteiger partial charge in [0.25, 0.3) is 0 Å². The van der Waals surface area contributed by atoms with Crippen molar-refractivity contribution in [2.75, 3.05) is 13.1 Å². The molecule has 1 amide bonds. The lowest BCUT2D eigenvalue weighted by Gasteiger charge is -2.24. The number of aromatic nitrogens is 1. The number of para-hydroxylation sites is 1. The molecular formula is C28H27N3O2. The standard InChI is InChI=1S/C28H27N3O2/c32-28(30-18-21-12-13-25-23(17-21)10-6-15-29-25)14-16-31-19-24-9-4-5-11-26(24)33-27(20-31)22-7-2-1-3-8-22/h1-13,15,17,27H,14,16,18-20H2,(H,30,32)/t27-/m1/s1. The van der Waals surface area contributed by atoms with E-state index in [4.69, 9.17) is 4.74 Å². The largest absolute Gasteiger partial charge is 0.484 e. The van der Waals surface area contributed by atoms with Crippen LogP contribution in [0.5, 0.6) is 5.75 Å². The van der Waals surface area contributed by atoms with Gasteiger partial charge < -0.3 is 10.1 Å². The van der Waals surface area contributed by atoms with Crippen molar-refractivity contribution in [1.29, 1.82) is 0 Å². The first-order chi connectivity index (χ1) is 16.2. The van der Waals surface area contributed by atoms with E-state index < -0.39 is 0 Å². The van der Waals surface area contributed by atoms with Crippen molar-refractivity contribution in [3.63, 3.8) is 0 Å². The predicted molar refractivity (Wildman–Crippen MR) is 130 cm³/mol. The number of hydrogen-bond donors (Lipinski definition) is 1. The fourth-order valence-electron chi connectivity index (χ4n) is 4.28. The highest BCUT2D eigenvalue weighted by Crippen LogP contribution is 2.31. The van der Waals surface area contributed by atoms with Crippen molar-refractivity contribution < 1.29 is 9.53 Å². The molecule has 0 fully saturated rings. The lowest BCUT2D eigenvalue weighted by atomic mass is 10.1. The number of nitrogens with zero attached hydrogens (tertiary/aromatic N) is 2. The highest BCUT2D eigenvalue weighted by Gasteiger charge is 2.24. The summed E-state index contributed by atoms with van der Waals surface area (Å²) >= 11 is 0. The fourth-order valence-corrected chi connectivity index (χ4v) is 4.28. The average molecular weight is 438 g/mol. The molecule has 1 aliphatic rings. The zero-order valence-electron chi connectivity index (χ0n) is 18.5. The lowest BCUT2D eigenvalue weighted by Crippen LogP contribution is -2.33. The predicted octanol–water partition coefficient (Wildman–Crippen LogP) is 4.88. The molecule has 1 aliphatic heterocycles. The van der Waals surface area contributed by atoms with Crippen LogP contribution in [0.2, 0.25) is 0 Å². The van der Waals surface area contributed by atoms with Crippen LogP contribution in [0.1, 0.15) is 29.2 Å². The molecule has 0 saturated carbocycles. The van der Waals surface area contributed by atoms with E-state index >= 15 is 0 Å². The molecule has 0 aliphatic carbocycles. The van der Waals surface area contributed by atoms with Gasteiger partial charge in [0.05, 0.1) is 5.52 Å². The number of carbonyl (C=O) groups excluding carboxylic acids is 1. The number of hydrogen-bond acceptors (Lipinski definition) is 4. The third kappa shape index (κ3) is 5.21. The highest BCUT2D eigenvalue weighted by atomic mass is 16.5. The molecule has 1 atom stereocenters. The Kier molecular flexibility index (Phi) is 6.31. The highest BCUT2D eigenvalue weighted by molar-refractivity contribution is 5.79. The van der Waals surface area contributed by atoms with Crippen LogP contribution in [0, 0.1) is 0 Å². The van der Waals surface area contributed by atoms with E-state index in [2.05, 4.69) is 39.5 Å². The quantitative estimate of drug-likeness (QED) is 0.467. The van der Waals surface area contributed by atoms with E-state index in [1.807, 2.05) is 60.7 Å². The third-order valence-corrected chi connectivity index (χ3v) is 6.04. The van der Waals surface area contributed by atoms with Gasteiger partial charge in [0, 0.05) is 49.7 Å². The normalized spacial score (nSPS) is 15.9. The van der Waals surface area contributed by atoms with Crippen LogP contribution in [0.15, 0.2) is 91.1 Å². The second-order valence-corrected chi connectivity index (χ2v) is 8.42. The second-order valence-electron chi connectivity index (χ2n) is 8.42. The second kappa shape index (κ2) is 9.84. The summed E-state index contributed by atoms with van der Waals surface area (Å²) in [6.45, 7) is 2.70. The van der Waals surface area contributed by atoms with Gasteiger partial charge in [-0.2, -0.15) is 0 Å². The van der Waals surface area contributed by atoms with Gasteiger partial charge in [-0.3, -0.25) is 14.7 Å². The molecule has 3 aromatic carbocycles. The van der Waals surface area contributed by atoms with E-state index in [1.54, 1.807) is 6.20 Å². The van der Waals surface area contributed by atoms with Crippen molar-refractivity contribution in [2.45, 2.75) is 25.6 Å². The zero-order chi connectivity index (χ0) is 22.5. The van der Waals surface area contributed by atoms with Crippen molar-refractivity contribution >= 4 is 16.8 Å². The van der Waals surface area contributed by atoms with Crippen LogP contribution in [-0.2, 0) is 17.9 Å². The van der Waals surface area contributed by atoms with Crippen molar-refractivity contribution in [1.82, 2.24) is 15.2 Å². The number of pyridine rings is 1. The Balaban J connectivity index is 1.21. The molecule has 0 unspecified atom stereocenters. The van der Waals surface area contributed by atoms with Crippen LogP contribution in [0.3, 0.4) is 0 Å². The number of rotatable bonds is 6. The van der Waals surface area contributed by atoms with Crippen molar-refractivity contribution in [3.8, 4) is 5.75 Å². The summed E-state index contributed by atoms with van der Waals surface area (Å²) in [5.41, 5.74) is 4.34. The molecule has 0 saturated heterocycles. The van der Waals surface area contributed by atoms with Gasteiger partial charge in [0.1, 0.15) is 11.9 Å². The number of fused-ring (bicyclic) bond motifs is 2. The minimum Gasteiger partial charge on any atom is -0.484 e. The first kappa shape index (κ1) is 21.2. The van der Waals surface area contributed by atoms with Gasteiger partial charge in [-0.15, -0.1) is 0 Å². The Morgan fingerprint density at radius 3 is 2.76 bits per heavy atom. The number of ether oxygens (including phenoxy) is 1. The Labute approximate surface area is 194 Å². The van der Waals surface area contributed by atoms with E-state index in [9.17, 15) is 4.79 Å². The Morgan fingerprint density at radius 2 is 1.85 bits per heavy atom. The maximum atomic E-state index is 12.6. The Morgan fingerprint density at radius 1 is 1.00 bits per heavy atom. The topological polar surface area (TPSA) is 54.5 Å². The molecule has 5 heteroatoms. The van der Waals surface area contributed by atoms with Crippen LogP contribution in [0.4, 0.5) is 0 Å². The lowest BCUT2D eigenvalue weighted by molar-refractivity contribution is -0.121. The molecule has 4 aromatic rings. The zero-order valence-corrected chi connectivity index (χ0v) is 18.5. The minimum atomic E-state index is -0.0656. The van der Waals surface area contributed by atoms with E-state index in [1.165, 1.54) is 0 Å². The molecule has 1 N–H and O–H groups in total. The number of carbonyl (C=O) groups is 1. The Hall–Kier alpha value is -3.70. The summed E-state index contributed by atoms with van der Waals surface area (Å²) in [4.78, 5) is 19.3. The molecule has 33 heavy (non-hydrogen) atoms. The summed E-state index contributed by atoms with van der Waals surface area (Å²) in [6.07, 6.45) is 2.17. The summed E-state index contributed by atoms with van der Waals surface area (Å²) < 4.78 is 6.37. The Bertz CT molecular complexity index is 1240. The summed E-state index contributed by atoms with van der Waals surface area (Å²) in [5.74, 6) is 0.972. The van der Waals surface area contributed by atoms with Crippen molar-refractivity contribution in [3.05, 3.63) is 108 Å². The number of amides is 1. The fraction of sp³-hybridized carbons (Fsp3) is 0.214. The SMILES string of the molecule is O=C(CCN1Cc2ccccc2O[C@@H](c2ccccc2)C1)NCc1ccc2ncccc2c1. The van der Waals surface area contributed by atoms with Gasteiger partial charge >= 0.3 is 0 Å². The van der Waals surface area contributed by atoms with Gasteiger partial charge in [-0.1, -0.05) is 60.7 Å². The maximum Gasteiger partial charge on any atom is 0.221 e. The number of nitrogens with one attached hydrogen (secondary N) is 1. The first-order valence-corrected chi connectivity index (χ1v) is 11.4. The summed E-state index contributed by atoms with van der Waals surface area (Å²) in [6, 6.07) is 28.5. The summed E-state index contributed by atoms with van der Waals surface area (Å²) in [7, 11) is 0. The van der Waals surface area contributed by atoms with Crippen LogP contribution in [0.25, 0.3) is 10.9 Å². The molecular weight excluding hydrogens is 410 g/mol. The van der Waals surface area contributed by atoms with E-state index in [0.717, 1.165) is 46.4 Å². The average Bonchev–Trinajstić information content (AvgIpc) is 3.06. The molecule has 5 rings (SSSR count). The van der Waals surface area contributed by atoms with Gasteiger partial charge in [0.15, 0.2) is 0 Å². The molecule has 0 radical (unpaired) electrons.